The van der Waals surface area contributed by atoms with Crippen LogP contribution >= 0.6 is 0 Å². The highest BCUT2D eigenvalue weighted by Gasteiger charge is 2.03. The van der Waals surface area contributed by atoms with Gasteiger partial charge in [-0.3, -0.25) is 0 Å². The SMILES string of the molecule is OCC(O)CNc1cccc(-c2ncc[nH]2)c1. The Bertz CT molecular complexity index is 457. The number of aliphatic hydroxyl groups excluding tert-OH is 2. The molecule has 0 aliphatic rings. The third kappa shape index (κ3) is 3.05. The fraction of sp³-hybridized carbons (Fsp3) is 0.250. The summed E-state index contributed by atoms with van der Waals surface area (Å²) in [5.41, 5.74) is 1.85. The van der Waals surface area contributed by atoms with Crippen LogP contribution in [-0.2, 0) is 0 Å². The molecule has 0 aliphatic carbocycles. The maximum Gasteiger partial charge on any atom is 0.137 e. The molecule has 0 aliphatic heterocycles. The molecule has 1 unspecified atom stereocenters. The standard InChI is InChI=1S/C12H15N3O2/c16-8-11(17)7-15-10-3-1-2-9(6-10)12-13-4-5-14-12/h1-6,11,15-17H,7-8H2,(H,13,14). The lowest BCUT2D eigenvalue weighted by atomic mass is 10.2. The summed E-state index contributed by atoms with van der Waals surface area (Å²) in [5, 5.41) is 21.0. The second-order valence-corrected chi connectivity index (χ2v) is 3.74. The molecule has 1 atom stereocenters. The minimum absolute atomic E-state index is 0.245. The number of rotatable bonds is 5. The molecule has 5 nitrogen and oxygen atoms in total. The van der Waals surface area contributed by atoms with Crippen LogP contribution in [0.5, 0.6) is 0 Å². The van der Waals surface area contributed by atoms with E-state index in [1.807, 2.05) is 24.3 Å². The molecule has 90 valence electrons. The molecule has 1 heterocycles. The van der Waals surface area contributed by atoms with Crippen LogP contribution in [0, 0.1) is 0 Å². The molecule has 0 bridgehead atoms. The van der Waals surface area contributed by atoms with E-state index in [0.29, 0.717) is 6.54 Å². The van der Waals surface area contributed by atoms with Crippen molar-refractivity contribution >= 4 is 5.69 Å². The highest BCUT2D eigenvalue weighted by Crippen LogP contribution is 2.18. The summed E-state index contributed by atoms with van der Waals surface area (Å²) in [7, 11) is 0. The van der Waals surface area contributed by atoms with Crippen molar-refractivity contribution in [3.63, 3.8) is 0 Å². The Morgan fingerprint density at radius 1 is 1.41 bits per heavy atom. The van der Waals surface area contributed by atoms with E-state index in [1.54, 1.807) is 12.4 Å². The topological polar surface area (TPSA) is 81.2 Å². The van der Waals surface area contributed by atoms with Gasteiger partial charge in [-0.2, -0.15) is 0 Å². The zero-order valence-electron chi connectivity index (χ0n) is 9.30. The Morgan fingerprint density at radius 3 is 3.00 bits per heavy atom. The van der Waals surface area contributed by atoms with E-state index in [0.717, 1.165) is 17.1 Å². The van der Waals surface area contributed by atoms with Crippen LogP contribution in [0.15, 0.2) is 36.7 Å². The lowest BCUT2D eigenvalue weighted by molar-refractivity contribution is 0.105. The highest BCUT2D eigenvalue weighted by molar-refractivity contribution is 5.62. The van der Waals surface area contributed by atoms with Gasteiger partial charge in [0.2, 0.25) is 0 Å². The lowest BCUT2D eigenvalue weighted by Gasteiger charge is -2.10. The van der Waals surface area contributed by atoms with Gasteiger partial charge in [-0.05, 0) is 12.1 Å². The van der Waals surface area contributed by atoms with Gasteiger partial charge in [-0.25, -0.2) is 4.98 Å². The van der Waals surface area contributed by atoms with Crippen LogP contribution in [0.25, 0.3) is 11.4 Å². The largest absolute Gasteiger partial charge is 0.394 e. The van der Waals surface area contributed by atoms with E-state index in [2.05, 4.69) is 15.3 Å². The maximum atomic E-state index is 9.24. The van der Waals surface area contributed by atoms with Crippen molar-refractivity contribution in [1.82, 2.24) is 9.97 Å². The van der Waals surface area contributed by atoms with Crippen LogP contribution in [0.2, 0.25) is 0 Å². The number of aromatic amines is 1. The first-order valence-corrected chi connectivity index (χ1v) is 5.42. The van der Waals surface area contributed by atoms with Crippen molar-refractivity contribution in [1.29, 1.82) is 0 Å². The van der Waals surface area contributed by atoms with Gasteiger partial charge in [0.05, 0.1) is 12.7 Å². The summed E-state index contributed by atoms with van der Waals surface area (Å²) in [6.07, 6.45) is 2.72. The molecule has 0 spiro atoms. The molecule has 1 aromatic carbocycles. The second-order valence-electron chi connectivity index (χ2n) is 3.74. The van der Waals surface area contributed by atoms with Gasteiger partial charge in [-0.15, -0.1) is 0 Å². The predicted octanol–water partition coefficient (Wildman–Crippen LogP) is 0.842. The Hall–Kier alpha value is -1.85. The molecule has 5 heteroatoms. The summed E-state index contributed by atoms with van der Waals surface area (Å²) in [6.45, 7) is 0.0724. The molecular formula is C12H15N3O2. The number of anilines is 1. The summed E-state index contributed by atoms with van der Waals surface area (Å²) >= 11 is 0. The molecule has 4 N–H and O–H groups in total. The van der Waals surface area contributed by atoms with Gasteiger partial charge in [0.25, 0.3) is 0 Å². The number of hydrogen-bond acceptors (Lipinski definition) is 4. The molecular weight excluding hydrogens is 218 g/mol. The average molecular weight is 233 g/mol. The van der Waals surface area contributed by atoms with Crippen LogP contribution in [0.1, 0.15) is 0 Å². The molecule has 2 rings (SSSR count). The van der Waals surface area contributed by atoms with Crippen LogP contribution in [0.3, 0.4) is 0 Å². The van der Waals surface area contributed by atoms with E-state index in [9.17, 15) is 5.11 Å². The summed E-state index contributed by atoms with van der Waals surface area (Å²) in [5.74, 6) is 0.802. The van der Waals surface area contributed by atoms with Crippen LogP contribution in [0.4, 0.5) is 5.69 Å². The molecule has 17 heavy (non-hydrogen) atoms. The van der Waals surface area contributed by atoms with Gasteiger partial charge in [0.1, 0.15) is 5.82 Å². The van der Waals surface area contributed by atoms with Crippen molar-refractivity contribution in [2.45, 2.75) is 6.10 Å². The fourth-order valence-corrected chi connectivity index (χ4v) is 1.50. The normalized spacial score (nSPS) is 12.4. The Morgan fingerprint density at radius 2 is 2.29 bits per heavy atom. The Labute approximate surface area is 99.2 Å². The smallest absolute Gasteiger partial charge is 0.137 e. The van der Waals surface area contributed by atoms with E-state index >= 15 is 0 Å². The third-order valence-corrected chi connectivity index (χ3v) is 2.39. The van der Waals surface area contributed by atoms with Gasteiger partial charge < -0.3 is 20.5 Å². The first-order chi connectivity index (χ1) is 8.29. The van der Waals surface area contributed by atoms with Gasteiger partial charge in [-0.1, -0.05) is 12.1 Å². The molecule has 1 aromatic heterocycles. The number of aliphatic hydroxyl groups is 2. The second kappa shape index (κ2) is 5.47. The first-order valence-electron chi connectivity index (χ1n) is 5.42. The number of hydrogen-bond donors (Lipinski definition) is 4. The highest BCUT2D eigenvalue weighted by atomic mass is 16.3. The number of benzene rings is 1. The van der Waals surface area contributed by atoms with Crippen LogP contribution in [-0.4, -0.2) is 39.4 Å². The quantitative estimate of drug-likeness (QED) is 0.617. The summed E-state index contributed by atoms with van der Waals surface area (Å²) < 4.78 is 0. The number of aromatic nitrogens is 2. The zero-order valence-corrected chi connectivity index (χ0v) is 9.30. The molecule has 2 aromatic rings. The van der Waals surface area contributed by atoms with E-state index in [-0.39, 0.29) is 6.61 Å². The third-order valence-electron chi connectivity index (χ3n) is 2.39. The molecule has 0 amide bonds. The fourth-order valence-electron chi connectivity index (χ4n) is 1.50. The van der Waals surface area contributed by atoms with Gasteiger partial charge in [0, 0.05) is 30.2 Å². The zero-order chi connectivity index (χ0) is 12.1. The van der Waals surface area contributed by atoms with E-state index < -0.39 is 6.10 Å². The number of imidazole rings is 1. The van der Waals surface area contributed by atoms with E-state index in [1.165, 1.54) is 0 Å². The maximum absolute atomic E-state index is 9.24. The predicted molar refractivity (Wildman–Crippen MR) is 65.6 cm³/mol. The van der Waals surface area contributed by atoms with Crippen molar-refractivity contribution < 1.29 is 10.2 Å². The Kier molecular flexibility index (Phi) is 3.74. The van der Waals surface area contributed by atoms with Crippen molar-refractivity contribution in [3.8, 4) is 11.4 Å². The molecule has 0 saturated carbocycles. The lowest BCUT2D eigenvalue weighted by Crippen LogP contribution is -2.22. The average Bonchev–Trinajstić information content (AvgIpc) is 2.90. The van der Waals surface area contributed by atoms with Gasteiger partial charge in [0.15, 0.2) is 0 Å². The first kappa shape index (κ1) is 11.6. The number of H-pyrrole nitrogens is 1. The van der Waals surface area contributed by atoms with E-state index in [4.69, 9.17) is 5.11 Å². The van der Waals surface area contributed by atoms with Crippen molar-refractivity contribution in [2.75, 3.05) is 18.5 Å². The number of nitrogens with zero attached hydrogens (tertiary/aromatic N) is 1. The van der Waals surface area contributed by atoms with Crippen molar-refractivity contribution in [2.24, 2.45) is 0 Å². The summed E-state index contributed by atoms with van der Waals surface area (Å²) in [4.78, 5) is 7.19. The van der Waals surface area contributed by atoms with Gasteiger partial charge >= 0.3 is 0 Å². The molecule has 0 radical (unpaired) electrons. The van der Waals surface area contributed by atoms with Crippen molar-refractivity contribution in [3.05, 3.63) is 36.7 Å². The monoisotopic (exact) mass is 233 g/mol. The molecule has 0 saturated heterocycles. The minimum atomic E-state index is -0.748. The number of nitrogens with one attached hydrogen (secondary N) is 2. The Balaban J connectivity index is 2.07. The molecule has 0 fully saturated rings. The summed E-state index contributed by atoms with van der Waals surface area (Å²) in [6, 6.07) is 7.69. The van der Waals surface area contributed by atoms with Crippen LogP contribution < -0.4 is 5.32 Å². The minimum Gasteiger partial charge on any atom is -0.394 e.